The average molecular weight is 479 g/mol. The molecule has 35 heavy (non-hydrogen) atoms. The molecule has 0 spiro atoms. The van der Waals surface area contributed by atoms with Gasteiger partial charge in [0, 0.05) is 11.5 Å². The highest BCUT2D eigenvalue weighted by Gasteiger charge is 2.54. The van der Waals surface area contributed by atoms with Gasteiger partial charge in [-0.05, 0) is 92.8 Å². The van der Waals surface area contributed by atoms with Gasteiger partial charge in [-0.3, -0.25) is 0 Å². The third-order valence-corrected chi connectivity index (χ3v) is 7.95. The summed E-state index contributed by atoms with van der Waals surface area (Å²) < 4.78 is 12.3. The first-order valence-corrected chi connectivity index (χ1v) is 12.4. The fourth-order valence-corrected chi connectivity index (χ4v) is 5.71. The van der Waals surface area contributed by atoms with E-state index in [1.807, 2.05) is 38.1 Å². The lowest BCUT2D eigenvalue weighted by atomic mass is 9.57. The fraction of sp³-hybridized carbons (Fsp3) is 0.467. The van der Waals surface area contributed by atoms with Gasteiger partial charge >= 0.3 is 0 Å². The third-order valence-electron chi connectivity index (χ3n) is 7.95. The summed E-state index contributed by atoms with van der Waals surface area (Å²) in [5.74, 6) is 1.81. The van der Waals surface area contributed by atoms with Crippen LogP contribution in [0.3, 0.4) is 0 Å². The van der Waals surface area contributed by atoms with Gasteiger partial charge in [0.15, 0.2) is 11.5 Å². The molecule has 0 aromatic heterocycles. The van der Waals surface area contributed by atoms with Crippen LogP contribution < -0.4 is 9.47 Å². The van der Waals surface area contributed by atoms with Crippen LogP contribution in [0.4, 0.5) is 0 Å². The molecule has 0 radical (unpaired) electrons. The summed E-state index contributed by atoms with van der Waals surface area (Å²) in [7, 11) is 1.65. The molecule has 5 nitrogen and oxygen atoms in total. The molecule has 1 saturated carbocycles. The SMILES string of the molecule is COc1cc(/C=C/c2cc(O)c(CC=C(C)C)c(O)c2)cc2c1O[C@]1(C)CC[C@@H](O)C(C)(C)[C@H]1C2. The number of fused-ring (bicyclic) bond motifs is 2. The summed E-state index contributed by atoms with van der Waals surface area (Å²) in [5.41, 5.74) is 3.76. The summed E-state index contributed by atoms with van der Waals surface area (Å²) in [4.78, 5) is 0. The predicted octanol–water partition coefficient (Wildman–Crippen LogP) is 6.28. The van der Waals surface area contributed by atoms with Gasteiger partial charge in [-0.25, -0.2) is 0 Å². The van der Waals surface area contributed by atoms with Crippen LogP contribution in [0.2, 0.25) is 0 Å². The first-order chi connectivity index (χ1) is 16.4. The van der Waals surface area contributed by atoms with Crippen molar-refractivity contribution in [2.45, 2.75) is 72.0 Å². The summed E-state index contributed by atoms with van der Waals surface area (Å²) >= 11 is 0. The summed E-state index contributed by atoms with van der Waals surface area (Å²) in [6.07, 6.45) is 8.26. The fourth-order valence-electron chi connectivity index (χ4n) is 5.71. The number of allylic oxidation sites excluding steroid dienone is 2. The summed E-state index contributed by atoms with van der Waals surface area (Å²) in [5, 5.41) is 31.6. The zero-order valence-electron chi connectivity index (χ0n) is 21.7. The number of hydrogen-bond donors (Lipinski definition) is 3. The molecule has 4 rings (SSSR count). The minimum absolute atomic E-state index is 0.0796. The maximum Gasteiger partial charge on any atom is 0.165 e. The molecule has 1 heterocycles. The van der Waals surface area contributed by atoms with Crippen molar-refractivity contribution in [1.82, 2.24) is 0 Å². The molecule has 3 N–H and O–H groups in total. The number of hydrogen-bond acceptors (Lipinski definition) is 5. The molecular formula is C30H38O5. The maximum atomic E-state index is 10.7. The van der Waals surface area contributed by atoms with E-state index in [1.165, 1.54) is 0 Å². The standard InChI is InChI=1S/C30H38O5/c1-18(2)7-10-22-23(31)14-20(15-24(22)32)9-8-19-13-21-17-26-29(3,4)27(33)11-12-30(26,5)35-28(21)25(16-19)34-6/h7-9,13-16,26-27,31-33H,10-12,17H2,1-6H3/b9-8+/t26-,27-,30-/m1/s1. The normalized spacial score (nSPS) is 24.9. The van der Waals surface area contributed by atoms with Crippen molar-refractivity contribution in [3.8, 4) is 23.0 Å². The third kappa shape index (κ3) is 4.79. The Morgan fingerprint density at radius 3 is 2.29 bits per heavy atom. The number of benzene rings is 2. The Morgan fingerprint density at radius 2 is 1.69 bits per heavy atom. The van der Waals surface area contributed by atoms with E-state index < -0.39 is 0 Å². The van der Waals surface area contributed by atoms with E-state index in [-0.39, 0.29) is 34.5 Å². The van der Waals surface area contributed by atoms with Gasteiger partial charge in [0.25, 0.3) is 0 Å². The molecule has 0 saturated heterocycles. The maximum absolute atomic E-state index is 10.7. The van der Waals surface area contributed by atoms with Crippen LogP contribution in [0, 0.1) is 11.3 Å². The van der Waals surface area contributed by atoms with E-state index in [4.69, 9.17) is 9.47 Å². The van der Waals surface area contributed by atoms with Gasteiger partial charge in [0.1, 0.15) is 17.1 Å². The molecule has 3 atom stereocenters. The van der Waals surface area contributed by atoms with Crippen molar-refractivity contribution in [2.75, 3.05) is 7.11 Å². The van der Waals surface area contributed by atoms with Gasteiger partial charge in [-0.2, -0.15) is 0 Å². The van der Waals surface area contributed by atoms with E-state index >= 15 is 0 Å². The molecule has 0 unspecified atom stereocenters. The van der Waals surface area contributed by atoms with Crippen LogP contribution in [0.1, 0.15) is 69.7 Å². The van der Waals surface area contributed by atoms with Crippen LogP contribution >= 0.6 is 0 Å². The molecule has 5 heteroatoms. The highest BCUT2D eigenvalue weighted by molar-refractivity contribution is 5.73. The first kappa shape index (κ1) is 25.2. The smallest absolute Gasteiger partial charge is 0.165 e. The molecular weight excluding hydrogens is 440 g/mol. The highest BCUT2D eigenvalue weighted by Crippen LogP contribution is 2.55. The minimum Gasteiger partial charge on any atom is -0.507 e. The number of rotatable bonds is 5. The number of phenols is 2. The number of ether oxygens (including phenoxy) is 2. The lowest BCUT2D eigenvalue weighted by Crippen LogP contribution is -2.58. The number of aliphatic hydroxyl groups is 1. The molecule has 1 aliphatic heterocycles. The van der Waals surface area contributed by atoms with Crippen LogP contribution in [0.15, 0.2) is 35.9 Å². The van der Waals surface area contributed by atoms with Crippen LogP contribution in [-0.4, -0.2) is 34.1 Å². The molecule has 0 amide bonds. The van der Waals surface area contributed by atoms with E-state index in [1.54, 1.807) is 19.2 Å². The van der Waals surface area contributed by atoms with Gasteiger partial charge in [-0.1, -0.05) is 37.6 Å². The van der Waals surface area contributed by atoms with E-state index in [0.29, 0.717) is 23.3 Å². The molecule has 188 valence electrons. The van der Waals surface area contributed by atoms with Gasteiger partial charge in [0.2, 0.25) is 0 Å². The number of methoxy groups -OCH3 is 1. The lowest BCUT2D eigenvalue weighted by Gasteiger charge is -2.55. The van der Waals surface area contributed by atoms with Crippen LogP contribution in [0.25, 0.3) is 12.2 Å². The van der Waals surface area contributed by atoms with Gasteiger partial charge < -0.3 is 24.8 Å². The van der Waals surface area contributed by atoms with Crippen molar-refractivity contribution >= 4 is 12.2 Å². The molecule has 1 aliphatic carbocycles. The summed E-state index contributed by atoms with van der Waals surface area (Å²) in [6.45, 7) is 10.4. The molecule has 1 fully saturated rings. The van der Waals surface area contributed by atoms with Crippen molar-refractivity contribution in [3.05, 3.63) is 58.2 Å². The van der Waals surface area contributed by atoms with Crippen molar-refractivity contribution < 1.29 is 24.8 Å². The minimum atomic E-state index is -0.351. The lowest BCUT2D eigenvalue weighted by molar-refractivity contribution is -0.138. The number of aromatic hydroxyl groups is 2. The Labute approximate surface area is 208 Å². The van der Waals surface area contributed by atoms with Gasteiger partial charge in [-0.15, -0.1) is 0 Å². The largest absolute Gasteiger partial charge is 0.507 e. The van der Waals surface area contributed by atoms with Crippen molar-refractivity contribution in [2.24, 2.45) is 11.3 Å². The Kier molecular flexibility index (Phi) is 6.67. The van der Waals surface area contributed by atoms with Gasteiger partial charge in [0.05, 0.1) is 13.2 Å². The second-order valence-electron chi connectivity index (χ2n) is 11.1. The summed E-state index contributed by atoms with van der Waals surface area (Å²) in [6, 6.07) is 7.39. The van der Waals surface area contributed by atoms with E-state index in [2.05, 4.69) is 26.8 Å². The zero-order valence-corrected chi connectivity index (χ0v) is 21.7. The number of phenolic OH excluding ortho intramolecular Hbond substituents is 2. The monoisotopic (exact) mass is 478 g/mol. The predicted molar refractivity (Wildman–Crippen MR) is 140 cm³/mol. The second kappa shape index (κ2) is 9.27. The Morgan fingerprint density at radius 1 is 1.06 bits per heavy atom. The van der Waals surface area contributed by atoms with Crippen molar-refractivity contribution in [1.29, 1.82) is 0 Å². The molecule has 2 aromatic rings. The molecule has 2 aliphatic rings. The number of aliphatic hydroxyl groups excluding tert-OH is 1. The van der Waals surface area contributed by atoms with Crippen LogP contribution in [-0.2, 0) is 12.8 Å². The average Bonchev–Trinajstić information content (AvgIpc) is 2.78. The quantitative estimate of drug-likeness (QED) is 0.348. The zero-order chi connectivity index (χ0) is 25.5. The molecule has 2 aromatic carbocycles. The van der Waals surface area contributed by atoms with Crippen LogP contribution in [0.5, 0.6) is 23.0 Å². The molecule has 0 bridgehead atoms. The van der Waals surface area contributed by atoms with E-state index in [9.17, 15) is 15.3 Å². The Bertz CT molecular complexity index is 1150. The van der Waals surface area contributed by atoms with E-state index in [0.717, 1.165) is 41.7 Å². The second-order valence-corrected chi connectivity index (χ2v) is 11.1. The van der Waals surface area contributed by atoms with Crippen molar-refractivity contribution in [3.63, 3.8) is 0 Å². The topological polar surface area (TPSA) is 79.2 Å². The highest BCUT2D eigenvalue weighted by atomic mass is 16.5. The Hall–Kier alpha value is -2.92. The Balaban J connectivity index is 1.65. The first-order valence-electron chi connectivity index (χ1n) is 12.4.